The zero-order chi connectivity index (χ0) is 28.5. The topological polar surface area (TPSA) is 98.5 Å². The summed E-state index contributed by atoms with van der Waals surface area (Å²) in [6.45, 7) is 2.02. The molecule has 1 saturated heterocycles. The second-order valence-corrected chi connectivity index (χ2v) is 9.65. The summed E-state index contributed by atoms with van der Waals surface area (Å²) in [6, 6.07) is 10.6. The van der Waals surface area contributed by atoms with E-state index in [1.807, 2.05) is 35.4 Å². The highest BCUT2D eigenvalue weighted by Gasteiger charge is 2.37. The summed E-state index contributed by atoms with van der Waals surface area (Å²) in [5.74, 6) is -1.07. The molecule has 0 aliphatic carbocycles. The van der Waals surface area contributed by atoms with Crippen LogP contribution in [0.15, 0.2) is 54.9 Å². The van der Waals surface area contributed by atoms with Crippen LogP contribution in [0.25, 0.3) is 0 Å². The Morgan fingerprint density at radius 1 is 1.05 bits per heavy atom. The summed E-state index contributed by atoms with van der Waals surface area (Å²) in [7, 11) is 3.00. The Hall–Kier alpha value is -3.74. The van der Waals surface area contributed by atoms with Crippen LogP contribution in [0, 0.1) is 11.6 Å². The number of rotatable bonds is 12. The van der Waals surface area contributed by atoms with Gasteiger partial charge in [-0.3, -0.25) is 14.4 Å². The first-order valence-electron chi connectivity index (χ1n) is 12.8. The highest BCUT2D eigenvalue weighted by Crippen LogP contribution is 2.29. The number of β-amino-alcohol motifs (C(OH)–C–C–N with tert-alkyl or cyclic N) is 1. The maximum atomic E-state index is 13.7. The molecule has 216 valence electrons. The Morgan fingerprint density at radius 3 is 2.62 bits per heavy atom. The van der Waals surface area contributed by atoms with Crippen LogP contribution in [0.3, 0.4) is 0 Å². The second kappa shape index (κ2) is 13.6. The Kier molecular flexibility index (Phi) is 9.91. The van der Waals surface area contributed by atoms with Gasteiger partial charge >= 0.3 is 0 Å². The number of aliphatic hydroxyl groups is 1. The monoisotopic (exact) mass is 560 g/mol. The fourth-order valence-corrected chi connectivity index (χ4v) is 4.55. The number of nitrogens with zero attached hydrogens (tertiary/aromatic N) is 4. The Bertz CT molecular complexity index is 1260. The standard InChI is InChI=1S/C28H34F2N4O6/c1-37-17-27(35)33-11-10-32(18-28(36,19-33)20-40-22-5-6-23(29)24(30)15-22)16-21-4-7-25(38-2)26(14-21)39-13-12-34-9-3-8-31-34/h3-9,14-15,36H,10-13,16-20H2,1-2H3/t28-/m0/s1. The molecule has 1 fully saturated rings. The van der Waals surface area contributed by atoms with Crippen molar-refractivity contribution in [2.24, 2.45) is 0 Å². The summed E-state index contributed by atoms with van der Waals surface area (Å²) in [6.07, 6.45) is 3.56. The van der Waals surface area contributed by atoms with Crippen LogP contribution in [0.4, 0.5) is 8.78 Å². The molecule has 1 aliphatic heterocycles. The minimum absolute atomic E-state index is 0.0141. The number of hydrogen-bond donors (Lipinski definition) is 1. The fourth-order valence-electron chi connectivity index (χ4n) is 4.55. The number of carbonyl (C=O) groups excluding carboxylic acids is 1. The molecular weight excluding hydrogens is 526 g/mol. The molecule has 10 nitrogen and oxygen atoms in total. The summed E-state index contributed by atoms with van der Waals surface area (Å²) < 4.78 is 50.9. The van der Waals surface area contributed by atoms with Crippen LogP contribution in [0.5, 0.6) is 17.2 Å². The van der Waals surface area contributed by atoms with Crippen LogP contribution in [0.1, 0.15) is 5.56 Å². The van der Waals surface area contributed by atoms with Gasteiger partial charge in [-0.2, -0.15) is 5.10 Å². The molecule has 4 rings (SSSR count). The van der Waals surface area contributed by atoms with Crippen molar-refractivity contribution in [2.75, 3.05) is 60.2 Å². The van der Waals surface area contributed by atoms with Crippen molar-refractivity contribution in [1.29, 1.82) is 0 Å². The first-order valence-corrected chi connectivity index (χ1v) is 12.8. The molecule has 1 amide bonds. The molecule has 0 saturated carbocycles. The van der Waals surface area contributed by atoms with Gasteiger partial charge in [0.1, 0.15) is 31.2 Å². The highest BCUT2D eigenvalue weighted by atomic mass is 19.2. The lowest BCUT2D eigenvalue weighted by Gasteiger charge is -2.33. The maximum absolute atomic E-state index is 13.7. The summed E-state index contributed by atoms with van der Waals surface area (Å²) in [5.41, 5.74) is -0.587. The third kappa shape index (κ3) is 7.90. The molecule has 2 aromatic carbocycles. The summed E-state index contributed by atoms with van der Waals surface area (Å²) >= 11 is 0. The third-order valence-electron chi connectivity index (χ3n) is 6.48. The quantitative estimate of drug-likeness (QED) is 0.361. The van der Waals surface area contributed by atoms with E-state index in [1.54, 1.807) is 18.0 Å². The smallest absolute Gasteiger partial charge is 0.248 e. The van der Waals surface area contributed by atoms with E-state index in [0.29, 0.717) is 44.3 Å². The van der Waals surface area contributed by atoms with Crippen LogP contribution in [-0.4, -0.2) is 96.4 Å². The number of halogens is 2. The Balaban J connectivity index is 1.47. The van der Waals surface area contributed by atoms with Crippen molar-refractivity contribution >= 4 is 5.91 Å². The van der Waals surface area contributed by atoms with Crippen LogP contribution in [0.2, 0.25) is 0 Å². The Labute approximate surface area is 231 Å². The fraction of sp³-hybridized carbons (Fsp3) is 0.429. The lowest BCUT2D eigenvalue weighted by atomic mass is 10.0. The van der Waals surface area contributed by atoms with Gasteiger partial charge < -0.3 is 29.0 Å². The van der Waals surface area contributed by atoms with E-state index < -0.39 is 17.2 Å². The first kappa shape index (κ1) is 29.2. The Morgan fingerprint density at radius 2 is 1.90 bits per heavy atom. The van der Waals surface area contributed by atoms with Gasteiger partial charge in [-0.05, 0) is 35.9 Å². The van der Waals surface area contributed by atoms with Gasteiger partial charge in [-0.1, -0.05) is 6.07 Å². The van der Waals surface area contributed by atoms with E-state index in [0.717, 1.165) is 17.7 Å². The second-order valence-electron chi connectivity index (χ2n) is 9.65. The summed E-state index contributed by atoms with van der Waals surface area (Å²) in [4.78, 5) is 16.2. The predicted octanol–water partition coefficient (Wildman–Crippen LogP) is 2.35. The van der Waals surface area contributed by atoms with Gasteiger partial charge in [-0.25, -0.2) is 8.78 Å². The van der Waals surface area contributed by atoms with E-state index >= 15 is 0 Å². The molecule has 12 heteroatoms. The van der Waals surface area contributed by atoms with Crippen molar-refractivity contribution in [3.8, 4) is 17.2 Å². The SMILES string of the molecule is COCC(=O)N1CCN(Cc2ccc(OC)c(OCCn3cccn3)c2)C[C@@](O)(COc2ccc(F)c(F)c2)C1. The van der Waals surface area contributed by atoms with Gasteiger partial charge in [0.2, 0.25) is 5.91 Å². The predicted molar refractivity (Wildman–Crippen MR) is 141 cm³/mol. The lowest BCUT2D eigenvalue weighted by Crippen LogP contribution is -2.52. The van der Waals surface area contributed by atoms with Crippen LogP contribution in [-0.2, 0) is 22.6 Å². The molecule has 2 heterocycles. The number of hydrogen-bond acceptors (Lipinski definition) is 8. The van der Waals surface area contributed by atoms with Gasteiger partial charge in [0.05, 0.1) is 20.2 Å². The molecule has 1 aromatic heterocycles. The van der Waals surface area contributed by atoms with Crippen molar-refractivity contribution in [3.63, 3.8) is 0 Å². The average Bonchev–Trinajstić information content (AvgIpc) is 3.39. The number of amides is 1. The van der Waals surface area contributed by atoms with Gasteiger partial charge in [0, 0.05) is 51.7 Å². The van der Waals surface area contributed by atoms with E-state index in [2.05, 4.69) is 5.10 Å². The molecule has 0 bridgehead atoms. The summed E-state index contributed by atoms with van der Waals surface area (Å²) in [5, 5.41) is 15.8. The largest absolute Gasteiger partial charge is 0.493 e. The maximum Gasteiger partial charge on any atom is 0.248 e. The molecule has 1 atom stereocenters. The molecule has 40 heavy (non-hydrogen) atoms. The average molecular weight is 561 g/mol. The molecule has 0 unspecified atom stereocenters. The normalized spacial score (nSPS) is 17.9. The van der Waals surface area contributed by atoms with E-state index in [-0.39, 0.29) is 38.0 Å². The van der Waals surface area contributed by atoms with Crippen molar-refractivity contribution in [2.45, 2.75) is 18.7 Å². The zero-order valence-corrected chi connectivity index (χ0v) is 22.6. The van der Waals surface area contributed by atoms with Gasteiger partial charge in [-0.15, -0.1) is 0 Å². The van der Waals surface area contributed by atoms with E-state index in [9.17, 15) is 18.7 Å². The van der Waals surface area contributed by atoms with Crippen molar-refractivity contribution in [3.05, 3.63) is 72.1 Å². The minimum Gasteiger partial charge on any atom is -0.493 e. The van der Waals surface area contributed by atoms with Crippen molar-refractivity contribution in [1.82, 2.24) is 19.6 Å². The van der Waals surface area contributed by atoms with Gasteiger partial charge in [0.25, 0.3) is 0 Å². The molecule has 0 radical (unpaired) electrons. The minimum atomic E-state index is -1.50. The zero-order valence-electron chi connectivity index (χ0n) is 22.6. The number of aromatic nitrogens is 2. The van der Waals surface area contributed by atoms with E-state index in [1.165, 1.54) is 18.1 Å². The van der Waals surface area contributed by atoms with E-state index in [4.69, 9.17) is 18.9 Å². The van der Waals surface area contributed by atoms with Crippen molar-refractivity contribution < 1.29 is 37.6 Å². The van der Waals surface area contributed by atoms with Crippen LogP contribution >= 0.6 is 0 Å². The number of carbonyl (C=O) groups is 1. The van der Waals surface area contributed by atoms with Crippen LogP contribution < -0.4 is 14.2 Å². The third-order valence-corrected chi connectivity index (χ3v) is 6.48. The molecule has 3 aromatic rings. The number of ether oxygens (including phenoxy) is 4. The molecule has 0 spiro atoms. The van der Waals surface area contributed by atoms with Gasteiger partial charge in [0.15, 0.2) is 23.1 Å². The molecule has 1 aliphatic rings. The molecule has 1 N–H and O–H groups in total. The first-order chi connectivity index (χ1) is 19.3. The lowest BCUT2D eigenvalue weighted by molar-refractivity contribution is -0.138. The molecular formula is C28H34F2N4O6. The highest BCUT2D eigenvalue weighted by molar-refractivity contribution is 5.77. The number of methoxy groups -OCH3 is 2. The number of benzene rings is 2.